The fourth-order valence-electron chi connectivity index (χ4n) is 4.19. The minimum atomic E-state index is -0.0177. The van der Waals surface area contributed by atoms with Crippen LogP contribution in [-0.2, 0) is 0 Å². The SMILES string of the molecule is CCC(C)[C@H](CO)Nc1ccc2ccccc2c1-c1c(OC)ccc2ccccc12. The molecule has 0 amide bonds. The molecule has 4 aromatic rings. The van der Waals surface area contributed by atoms with Gasteiger partial charge in [0.1, 0.15) is 5.75 Å². The lowest BCUT2D eigenvalue weighted by molar-refractivity contribution is 0.241. The molecule has 0 heterocycles. The molecule has 154 valence electrons. The van der Waals surface area contributed by atoms with Crippen LogP contribution in [0.4, 0.5) is 5.69 Å². The Labute approximate surface area is 178 Å². The highest BCUT2D eigenvalue weighted by atomic mass is 16.5. The summed E-state index contributed by atoms with van der Waals surface area (Å²) >= 11 is 0. The minimum absolute atomic E-state index is 0.0177. The van der Waals surface area contributed by atoms with Crippen LogP contribution in [0.15, 0.2) is 72.8 Å². The van der Waals surface area contributed by atoms with Crippen LogP contribution in [0.2, 0.25) is 0 Å². The van der Waals surface area contributed by atoms with Crippen molar-refractivity contribution in [2.45, 2.75) is 26.3 Å². The minimum Gasteiger partial charge on any atom is -0.496 e. The fourth-order valence-corrected chi connectivity index (χ4v) is 4.19. The Hall–Kier alpha value is -3.04. The number of anilines is 1. The van der Waals surface area contributed by atoms with E-state index in [-0.39, 0.29) is 12.6 Å². The van der Waals surface area contributed by atoms with Crippen molar-refractivity contribution < 1.29 is 9.84 Å². The zero-order chi connectivity index (χ0) is 21.1. The third-order valence-electron chi connectivity index (χ3n) is 6.16. The second-order valence-corrected chi connectivity index (χ2v) is 7.89. The molecule has 0 fully saturated rings. The average Bonchev–Trinajstić information content (AvgIpc) is 2.81. The van der Waals surface area contributed by atoms with Crippen LogP contribution in [0.25, 0.3) is 32.7 Å². The molecular formula is C27H29NO2. The maximum absolute atomic E-state index is 10.0. The first kappa shape index (κ1) is 20.2. The van der Waals surface area contributed by atoms with Gasteiger partial charge >= 0.3 is 0 Å². The summed E-state index contributed by atoms with van der Waals surface area (Å²) in [4.78, 5) is 0. The third kappa shape index (κ3) is 3.61. The van der Waals surface area contributed by atoms with Crippen LogP contribution in [0.5, 0.6) is 5.75 Å². The first-order valence-corrected chi connectivity index (χ1v) is 10.6. The van der Waals surface area contributed by atoms with E-state index >= 15 is 0 Å². The van der Waals surface area contributed by atoms with Crippen molar-refractivity contribution in [1.82, 2.24) is 0 Å². The summed E-state index contributed by atoms with van der Waals surface area (Å²) in [7, 11) is 1.72. The lowest BCUT2D eigenvalue weighted by Crippen LogP contribution is -2.31. The third-order valence-corrected chi connectivity index (χ3v) is 6.16. The Balaban J connectivity index is 2.04. The van der Waals surface area contributed by atoms with E-state index < -0.39 is 0 Å². The molecule has 4 rings (SSSR count). The van der Waals surface area contributed by atoms with Crippen molar-refractivity contribution in [1.29, 1.82) is 0 Å². The highest BCUT2D eigenvalue weighted by Crippen LogP contribution is 2.44. The molecular weight excluding hydrogens is 370 g/mol. The van der Waals surface area contributed by atoms with Gasteiger partial charge in [-0.2, -0.15) is 0 Å². The molecule has 0 spiro atoms. The number of nitrogens with one attached hydrogen (secondary N) is 1. The molecule has 0 aliphatic rings. The molecule has 4 aromatic carbocycles. The topological polar surface area (TPSA) is 41.5 Å². The first-order chi connectivity index (χ1) is 14.7. The van der Waals surface area contributed by atoms with E-state index in [1.807, 2.05) is 6.07 Å². The molecule has 2 N–H and O–H groups in total. The zero-order valence-corrected chi connectivity index (χ0v) is 17.9. The van der Waals surface area contributed by atoms with E-state index in [9.17, 15) is 5.11 Å². The molecule has 0 aliphatic carbocycles. The van der Waals surface area contributed by atoms with Gasteiger partial charge in [0.05, 0.1) is 19.8 Å². The Morgan fingerprint density at radius 1 is 0.833 bits per heavy atom. The van der Waals surface area contributed by atoms with Crippen molar-refractivity contribution in [3.05, 3.63) is 72.8 Å². The summed E-state index contributed by atoms with van der Waals surface area (Å²) in [6.45, 7) is 4.42. The molecule has 2 atom stereocenters. The Morgan fingerprint density at radius 3 is 2.03 bits per heavy atom. The highest BCUT2D eigenvalue weighted by Gasteiger charge is 2.21. The van der Waals surface area contributed by atoms with Gasteiger partial charge in [0.2, 0.25) is 0 Å². The van der Waals surface area contributed by atoms with Gasteiger partial charge in [-0.15, -0.1) is 0 Å². The number of hydrogen-bond donors (Lipinski definition) is 2. The molecule has 0 radical (unpaired) electrons. The number of benzene rings is 4. The van der Waals surface area contributed by atoms with E-state index in [0.29, 0.717) is 5.92 Å². The van der Waals surface area contributed by atoms with Gasteiger partial charge in [0.15, 0.2) is 0 Å². The fraction of sp³-hybridized carbons (Fsp3) is 0.259. The van der Waals surface area contributed by atoms with Gasteiger partial charge in [0.25, 0.3) is 0 Å². The number of hydrogen-bond acceptors (Lipinski definition) is 3. The largest absolute Gasteiger partial charge is 0.496 e. The van der Waals surface area contributed by atoms with Gasteiger partial charge in [-0.1, -0.05) is 80.9 Å². The number of fused-ring (bicyclic) bond motifs is 2. The van der Waals surface area contributed by atoms with Crippen molar-refractivity contribution in [3.8, 4) is 16.9 Å². The Bertz CT molecular complexity index is 1170. The second-order valence-electron chi connectivity index (χ2n) is 7.89. The van der Waals surface area contributed by atoms with Crippen LogP contribution in [0.3, 0.4) is 0 Å². The van der Waals surface area contributed by atoms with E-state index in [2.05, 4.69) is 85.9 Å². The average molecular weight is 400 g/mol. The maximum atomic E-state index is 10.0. The summed E-state index contributed by atoms with van der Waals surface area (Å²) < 4.78 is 5.83. The van der Waals surface area contributed by atoms with Crippen molar-refractivity contribution >= 4 is 27.2 Å². The van der Waals surface area contributed by atoms with Crippen LogP contribution in [0, 0.1) is 5.92 Å². The van der Waals surface area contributed by atoms with Gasteiger partial charge < -0.3 is 15.2 Å². The molecule has 3 nitrogen and oxygen atoms in total. The lowest BCUT2D eigenvalue weighted by atomic mass is 9.90. The quantitative estimate of drug-likeness (QED) is 0.373. The summed E-state index contributed by atoms with van der Waals surface area (Å²) in [6.07, 6.45) is 0.999. The monoisotopic (exact) mass is 399 g/mol. The second kappa shape index (κ2) is 8.76. The lowest BCUT2D eigenvalue weighted by Gasteiger charge is -2.26. The molecule has 0 bridgehead atoms. The molecule has 1 unspecified atom stereocenters. The van der Waals surface area contributed by atoms with E-state index in [0.717, 1.165) is 39.8 Å². The number of rotatable bonds is 7. The van der Waals surface area contributed by atoms with Gasteiger partial charge in [-0.05, 0) is 39.6 Å². The molecule has 30 heavy (non-hydrogen) atoms. The van der Waals surface area contributed by atoms with E-state index in [1.165, 1.54) is 10.8 Å². The molecule has 0 saturated heterocycles. The summed E-state index contributed by atoms with van der Waals surface area (Å²) in [5.74, 6) is 1.20. The number of aliphatic hydroxyl groups is 1. The Kier molecular flexibility index (Phi) is 5.91. The summed E-state index contributed by atoms with van der Waals surface area (Å²) in [6, 6.07) is 25.2. The van der Waals surface area contributed by atoms with Gasteiger partial charge in [0, 0.05) is 16.8 Å². The molecule has 0 aromatic heterocycles. The predicted octanol–water partition coefficient (Wildman–Crippen LogP) is 6.49. The molecule has 3 heteroatoms. The van der Waals surface area contributed by atoms with Crippen LogP contribution in [-0.4, -0.2) is 24.9 Å². The number of aliphatic hydroxyl groups excluding tert-OH is 1. The number of methoxy groups -OCH3 is 1. The van der Waals surface area contributed by atoms with Crippen LogP contribution in [0.1, 0.15) is 20.3 Å². The number of ether oxygens (including phenoxy) is 1. The van der Waals surface area contributed by atoms with Gasteiger partial charge in [-0.25, -0.2) is 0 Å². The molecule has 0 saturated carbocycles. The van der Waals surface area contributed by atoms with Gasteiger partial charge in [-0.3, -0.25) is 0 Å². The van der Waals surface area contributed by atoms with Crippen molar-refractivity contribution in [2.24, 2.45) is 5.92 Å². The van der Waals surface area contributed by atoms with Crippen molar-refractivity contribution in [3.63, 3.8) is 0 Å². The smallest absolute Gasteiger partial charge is 0.127 e. The summed E-state index contributed by atoms with van der Waals surface area (Å²) in [5, 5.41) is 18.4. The summed E-state index contributed by atoms with van der Waals surface area (Å²) in [5.41, 5.74) is 3.21. The highest BCUT2D eigenvalue weighted by molar-refractivity contribution is 6.11. The van der Waals surface area contributed by atoms with Crippen molar-refractivity contribution in [2.75, 3.05) is 19.0 Å². The van der Waals surface area contributed by atoms with Crippen LogP contribution >= 0.6 is 0 Å². The standard InChI is InChI=1S/C27H29NO2/c1-4-18(2)24(17-29)28-23-15-13-19-9-5-7-11-21(19)26(23)27-22-12-8-6-10-20(22)14-16-25(27)30-3/h5-16,18,24,28-29H,4,17H2,1-3H3/t18?,24-/m0/s1. The Morgan fingerprint density at radius 2 is 1.43 bits per heavy atom. The van der Waals surface area contributed by atoms with E-state index in [4.69, 9.17) is 4.74 Å². The first-order valence-electron chi connectivity index (χ1n) is 10.6. The molecule has 0 aliphatic heterocycles. The normalized spacial score (nSPS) is 13.3. The van der Waals surface area contributed by atoms with E-state index in [1.54, 1.807) is 7.11 Å². The zero-order valence-electron chi connectivity index (χ0n) is 17.9. The maximum Gasteiger partial charge on any atom is 0.127 e. The van der Waals surface area contributed by atoms with Crippen LogP contribution < -0.4 is 10.1 Å². The predicted molar refractivity (Wildman–Crippen MR) is 127 cm³/mol.